The van der Waals surface area contributed by atoms with Gasteiger partial charge in [-0.3, -0.25) is 4.79 Å². The van der Waals surface area contributed by atoms with Gasteiger partial charge in [-0.05, 0) is 18.6 Å². The van der Waals surface area contributed by atoms with Crippen molar-refractivity contribution >= 4 is 5.97 Å². The summed E-state index contributed by atoms with van der Waals surface area (Å²) in [6.45, 7) is 0.117. The quantitative estimate of drug-likeness (QED) is 0.739. The van der Waals surface area contributed by atoms with Crippen LogP contribution >= 0.6 is 0 Å². The maximum absolute atomic E-state index is 13.2. The number of aliphatic carboxylic acids is 1. The Kier molecular flexibility index (Phi) is 2.11. The molecule has 1 atom stereocenters. The number of ether oxygens (including phenoxy) is 1. The Bertz CT molecular complexity index is 376. The van der Waals surface area contributed by atoms with Crippen molar-refractivity contribution in [2.75, 3.05) is 6.61 Å². The van der Waals surface area contributed by atoms with Crippen LogP contribution in [-0.4, -0.2) is 17.7 Å². The van der Waals surface area contributed by atoms with Gasteiger partial charge in [-0.15, -0.1) is 0 Å². The summed E-state index contributed by atoms with van der Waals surface area (Å²) in [5, 5.41) is 8.75. The Labute approximate surface area is 80.1 Å². The minimum atomic E-state index is -0.945. The van der Waals surface area contributed by atoms with E-state index in [4.69, 9.17) is 9.84 Å². The lowest BCUT2D eigenvalue weighted by molar-refractivity contribution is -0.143. The topological polar surface area (TPSA) is 46.5 Å². The Morgan fingerprint density at radius 1 is 1.57 bits per heavy atom. The van der Waals surface area contributed by atoms with E-state index in [9.17, 15) is 9.18 Å². The third-order valence-electron chi connectivity index (χ3n) is 2.32. The van der Waals surface area contributed by atoms with Crippen molar-refractivity contribution in [3.05, 3.63) is 29.6 Å². The summed E-state index contributed by atoms with van der Waals surface area (Å²) < 4.78 is 18.4. The first-order valence-corrected chi connectivity index (χ1v) is 4.31. The minimum absolute atomic E-state index is 0.117. The standard InChI is InChI=1S/C10H9FO3/c11-8-2-1-3-9-7(8)4-6(5-14-9)10(12)13/h1-3,6H,4-5H2,(H,12,13). The maximum atomic E-state index is 13.2. The molecule has 1 N–H and O–H groups in total. The molecule has 14 heavy (non-hydrogen) atoms. The van der Waals surface area contributed by atoms with E-state index >= 15 is 0 Å². The summed E-state index contributed by atoms with van der Waals surface area (Å²) in [4.78, 5) is 10.7. The highest BCUT2D eigenvalue weighted by atomic mass is 19.1. The van der Waals surface area contributed by atoms with Crippen molar-refractivity contribution in [1.29, 1.82) is 0 Å². The molecule has 0 saturated heterocycles. The van der Waals surface area contributed by atoms with E-state index in [-0.39, 0.29) is 13.0 Å². The zero-order valence-electron chi connectivity index (χ0n) is 7.37. The van der Waals surface area contributed by atoms with Gasteiger partial charge in [0.25, 0.3) is 0 Å². The SMILES string of the molecule is O=C(O)C1COc2cccc(F)c2C1. The molecule has 1 unspecified atom stereocenters. The summed E-state index contributed by atoms with van der Waals surface area (Å²) in [7, 11) is 0. The molecule has 0 amide bonds. The van der Waals surface area contributed by atoms with Crippen LogP contribution in [0.2, 0.25) is 0 Å². The largest absolute Gasteiger partial charge is 0.492 e. The van der Waals surface area contributed by atoms with Crippen molar-refractivity contribution in [3.63, 3.8) is 0 Å². The average Bonchev–Trinajstić information content (AvgIpc) is 2.18. The fourth-order valence-corrected chi connectivity index (χ4v) is 1.53. The van der Waals surface area contributed by atoms with Gasteiger partial charge in [0.05, 0.1) is 5.92 Å². The van der Waals surface area contributed by atoms with Gasteiger partial charge in [0.2, 0.25) is 0 Å². The fourth-order valence-electron chi connectivity index (χ4n) is 1.53. The molecular weight excluding hydrogens is 187 g/mol. The van der Waals surface area contributed by atoms with Crippen molar-refractivity contribution in [1.82, 2.24) is 0 Å². The molecule has 0 aliphatic carbocycles. The Hall–Kier alpha value is -1.58. The predicted octanol–water partition coefficient (Wildman–Crippen LogP) is 1.46. The van der Waals surface area contributed by atoms with Crippen LogP contribution < -0.4 is 4.74 Å². The maximum Gasteiger partial charge on any atom is 0.310 e. The molecule has 1 aromatic rings. The van der Waals surface area contributed by atoms with Crippen LogP contribution in [0.25, 0.3) is 0 Å². The predicted molar refractivity (Wildman–Crippen MR) is 46.7 cm³/mol. The Morgan fingerprint density at radius 3 is 3.07 bits per heavy atom. The first kappa shape index (κ1) is 8.99. The van der Waals surface area contributed by atoms with Crippen LogP contribution in [0.4, 0.5) is 4.39 Å². The van der Waals surface area contributed by atoms with E-state index in [0.29, 0.717) is 11.3 Å². The summed E-state index contributed by atoms with van der Waals surface area (Å²) in [5.41, 5.74) is 0.367. The number of halogens is 1. The zero-order valence-corrected chi connectivity index (χ0v) is 7.37. The van der Waals surface area contributed by atoms with Crippen LogP contribution in [-0.2, 0) is 11.2 Å². The molecule has 0 aromatic heterocycles. The summed E-state index contributed by atoms with van der Waals surface area (Å²) in [5.74, 6) is -1.52. The van der Waals surface area contributed by atoms with Gasteiger partial charge in [0.1, 0.15) is 18.2 Å². The zero-order chi connectivity index (χ0) is 10.1. The fraction of sp³-hybridized carbons (Fsp3) is 0.300. The third-order valence-corrected chi connectivity index (χ3v) is 2.32. The molecule has 0 spiro atoms. The summed E-state index contributed by atoms with van der Waals surface area (Å²) >= 11 is 0. The third kappa shape index (κ3) is 1.43. The second kappa shape index (κ2) is 3.29. The van der Waals surface area contributed by atoms with E-state index < -0.39 is 17.7 Å². The number of rotatable bonds is 1. The van der Waals surface area contributed by atoms with Gasteiger partial charge in [0.15, 0.2) is 0 Å². The summed E-state index contributed by atoms with van der Waals surface area (Å²) in [6, 6.07) is 4.51. The second-order valence-corrected chi connectivity index (χ2v) is 3.27. The van der Waals surface area contributed by atoms with Gasteiger partial charge < -0.3 is 9.84 Å². The monoisotopic (exact) mass is 196 g/mol. The number of carboxylic acids is 1. The number of benzene rings is 1. The number of hydrogen-bond acceptors (Lipinski definition) is 2. The lowest BCUT2D eigenvalue weighted by atomic mass is 9.96. The van der Waals surface area contributed by atoms with Crippen molar-refractivity contribution in [2.45, 2.75) is 6.42 Å². The van der Waals surface area contributed by atoms with Crippen molar-refractivity contribution < 1.29 is 19.0 Å². The van der Waals surface area contributed by atoms with E-state index in [1.54, 1.807) is 12.1 Å². The lowest BCUT2D eigenvalue weighted by Crippen LogP contribution is -2.28. The van der Waals surface area contributed by atoms with Gasteiger partial charge in [-0.25, -0.2) is 4.39 Å². The Morgan fingerprint density at radius 2 is 2.36 bits per heavy atom. The number of carbonyl (C=O) groups is 1. The first-order valence-electron chi connectivity index (χ1n) is 4.31. The van der Waals surface area contributed by atoms with Crippen LogP contribution in [0.1, 0.15) is 5.56 Å². The molecule has 74 valence electrons. The minimum Gasteiger partial charge on any atom is -0.492 e. The normalized spacial score (nSPS) is 19.6. The van der Waals surface area contributed by atoms with Crippen molar-refractivity contribution in [3.8, 4) is 5.75 Å². The van der Waals surface area contributed by atoms with Crippen LogP contribution in [0.15, 0.2) is 18.2 Å². The number of hydrogen-bond donors (Lipinski definition) is 1. The second-order valence-electron chi connectivity index (χ2n) is 3.27. The van der Waals surface area contributed by atoms with Crippen LogP contribution in [0.5, 0.6) is 5.75 Å². The lowest BCUT2D eigenvalue weighted by Gasteiger charge is -2.22. The Balaban J connectivity index is 2.33. The molecule has 1 aliphatic heterocycles. The molecule has 0 bridgehead atoms. The van der Waals surface area contributed by atoms with Gasteiger partial charge in [-0.1, -0.05) is 6.07 Å². The van der Waals surface area contributed by atoms with Gasteiger partial charge in [-0.2, -0.15) is 0 Å². The van der Waals surface area contributed by atoms with Crippen molar-refractivity contribution in [2.24, 2.45) is 5.92 Å². The average molecular weight is 196 g/mol. The molecule has 2 rings (SSSR count). The van der Waals surface area contributed by atoms with Crippen LogP contribution in [0.3, 0.4) is 0 Å². The molecule has 3 nitrogen and oxygen atoms in total. The molecule has 0 radical (unpaired) electrons. The van der Waals surface area contributed by atoms with Crippen LogP contribution in [0, 0.1) is 11.7 Å². The smallest absolute Gasteiger partial charge is 0.310 e. The van der Waals surface area contributed by atoms with E-state index in [2.05, 4.69) is 0 Å². The molecular formula is C10H9FO3. The van der Waals surface area contributed by atoms with Gasteiger partial charge >= 0.3 is 5.97 Å². The molecule has 0 saturated carbocycles. The number of carboxylic acid groups (broad SMARTS) is 1. The molecule has 4 heteroatoms. The van der Waals surface area contributed by atoms with Gasteiger partial charge in [0, 0.05) is 5.56 Å². The van der Waals surface area contributed by atoms with E-state index in [1.165, 1.54) is 6.07 Å². The van der Waals surface area contributed by atoms with E-state index in [1.807, 2.05) is 0 Å². The first-order chi connectivity index (χ1) is 6.68. The highest BCUT2D eigenvalue weighted by molar-refractivity contribution is 5.71. The molecule has 0 fully saturated rings. The molecule has 1 heterocycles. The molecule has 1 aliphatic rings. The van der Waals surface area contributed by atoms with E-state index in [0.717, 1.165) is 0 Å². The highest BCUT2D eigenvalue weighted by Gasteiger charge is 2.27. The highest BCUT2D eigenvalue weighted by Crippen LogP contribution is 2.29. The molecule has 1 aromatic carbocycles. The number of fused-ring (bicyclic) bond motifs is 1. The summed E-state index contributed by atoms with van der Waals surface area (Å²) in [6.07, 6.45) is 0.206.